The summed E-state index contributed by atoms with van der Waals surface area (Å²) in [5.74, 6) is -0.702. The van der Waals surface area contributed by atoms with Crippen LogP contribution in [0.25, 0.3) is 10.6 Å². The standard InChI is InChI=1S/C21H22N2O3S/c1-5-23-13(2)11-17(15(23)4)18(24)12-26-21(25)19-14(3)22-20(27-19)16-9-7-6-8-10-16/h6-11H,5,12H2,1-4H3. The van der Waals surface area contributed by atoms with Crippen LogP contribution in [0.2, 0.25) is 0 Å². The summed E-state index contributed by atoms with van der Waals surface area (Å²) in [7, 11) is 0. The van der Waals surface area contributed by atoms with E-state index >= 15 is 0 Å². The van der Waals surface area contributed by atoms with Gasteiger partial charge in [0.15, 0.2) is 6.61 Å². The predicted octanol–water partition coefficient (Wildman–Crippen LogP) is 4.60. The van der Waals surface area contributed by atoms with Crippen LogP contribution >= 0.6 is 11.3 Å². The summed E-state index contributed by atoms with van der Waals surface area (Å²) < 4.78 is 7.35. The second-order valence-corrected chi connectivity index (χ2v) is 7.33. The van der Waals surface area contributed by atoms with E-state index < -0.39 is 5.97 Å². The number of Topliss-reactive ketones (excluding diaryl/α,β-unsaturated/α-hetero) is 1. The van der Waals surface area contributed by atoms with Gasteiger partial charge in [-0.25, -0.2) is 9.78 Å². The molecule has 0 saturated heterocycles. The molecule has 2 heterocycles. The molecule has 0 unspecified atom stereocenters. The fourth-order valence-electron chi connectivity index (χ4n) is 3.13. The van der Waals surface area contributed by atoms with Crippen LogP contribution in [-0.2, 0) is 11.3 Å². The number of carbonyl (C=O) groups excluding carboxylic acids is 2. The van der Waals surface area contributed by atoms with Crippen molar-refractivity contribution in [3.63, 3.8) is 0 Å². The number of hydrogen-bond acceptors (Lipinski definition) is 5. The van der Waals surface area contributed by atoms with E-state index in [1.54, 1.807) is 6.92 Å². The minimum atomic E-state index is -0.509. The molecule has 0 aliphatic heterocycles. The molecular weight excluding hydrogens is 360 g/mol. The number of hydrogen-bond donors (Lipinski definition) is 0. The fraction of sp³-hybridized carbons (Fsp3) is 0.286. The van der Waals surface area contributed by atoms with Crippen LogP contribution in [0.1, 0.15) is 44.0 Å². The quantitative estimate of drug-likeness (QED) is 0.462. The lowest BCUT2D eigenvalue weighted by atomic mass is 10.1. The number of thiazole rings is 1. The lowest BCUT2D eigenvalue weighted by Gasteiger charge is -2.06. The van der Waals surface area contributed by atoms with E-state index in [0.29, 0.717) is 16.1 Å². The van der Waals surface area contributed by atoms with Gasteiger partial charge in [0.25, 0.3) is 0 Å². The van der Waals surface area contributed by atoms with Crippen LogP contribution in [0.4, 0.5) is 0 Å². The summed E-state index contributed by atoms with van der Waals surface area (Å²) in [5, 5.41) is 0.762. The zero-order chi connectivity index (χ0) is 19.6. The van der Waals surface area contributed by atoms with Crippen LogP contribution in [0.5, 0.6) is 0 Å². The van der Waals surface area contributed by atoms with Gasteiger partial charge in [-0.2, -0.15) is 0 Å². The van der Waals surface area contributed by atoms with Gasteiger partial charge in [-0.1, -0.05) is 30.3 Å². The number of esters is 1. The molecule has 0 fully saturated rings. The van der Waals surface area contributed by atoms with Crippen molar-refractivity contribution in [1.29, 1.82) is 0 Å². The highest BCUT2D eigenvalue weighted by Crippen LogP contribution is 2.28. The number of ether oxygens (including phenoxy) is 1. The second kappa shape index (κ2) is 7.88. The summed E-state index contributed by atoms with van der Waals surface area (Å²) >= 11 is 1.28. The first-order valence-electron chi connectivity index (χ1n) is 8.82. The maximum atomic E-state index is 12.5. The average Bonchev–Trinajstić information content (AvgIpc) is 3.19. The van der Waals surface area contributed by atoms with E-state index in [4.69, 9.17) is 4.74 Å². The molecule has 2 aromatic heterocycles. The SMILES string of the molecule is CCn1c(C)cc(C(=O)COC(=O)c2sc(-c3ccccc3)nc2C)c1C. The van der Waals surface area contributed by atoms with Crippen molar-refractivity contribution in [2.45, 2.75) is 34.2 Å². The van der Waals surface area contributed by atoms with Crippen LogP contribution in [-0.4, -0.2) is 27.9 Å². The van der Waals surface area contributed by atoms with Gasteiger partial charge < -0.3 is 9.30 Å². The van der Waals surface area contributed by atoms with Crippen molar-refractivity contribution in [3.05, 3.63) is 63.9 Å². The minimum absolute atomic E-state index is 0.193. The van der Waals surface area contributed by atoms with Crippen molar-refractivity contribution in [1.82, 2.24) is 9.55 Å². The molecule has 5 nitrogen and oxygen atoms in total. The van der Waals surface area contributed by atoms with Gasteiger partial charge in [-0.3, -0.25) is 4.79 Å². The molecule has 0 radical (unpaired) electrons. The third-order valence-electron chi connectivity index (χ3n) is 4.53. The van der Waals surface area contributed by atoms with Crippen LogP contribution in [0, 0.1) is 20.8 Å². The first kappa shape index (κ1) is 19.0. The van der Waals surface area contributed by atoms with Gasteiger partial charge in [0.05, 0.1) is 5.69 Å². The van der Waals surface area contributed by atoms with Crippen molar-refractivity contribution in [2.75, 3.05) is 6.61 Å². The molecule has 3 aromatic rings. The summed E-state index contributed by atoms with van der Waals surface area (Å²) in [6.07, 6.45) is 0. The lowest BCUT2D eigenvalue weighted by molar-refractivity contribution is 0.0478. The molecule has 0 atom stereocenters. The summed E-state index contributed by atoms with van der Waals surface area (Å²) in [4.78, 5) is 29.8. The minimum Gasteiger partial charge on any atom is -0.453 e. The molecule has 27 heavy (non-hydrogen) atoms. The van der Waals surface area contributed by atoms with E-state index in [0.717, 1.165) is 28.5 Å². The Bertz CT molecular complexity index is 987. The zero-order valence-electron chi connectivity index (χ0n) is 15.9. The van der Waals surface area contributed by atoms with Crippen molar-refractivity contribution < 1.29 is 14.3 Å². The Balaban J connectivity index is 1.71. The van der Waals surface area contributed by atoms with Crippen LogP contribution < -0.4 is 0 Å². The van der Waals surface area contributed by atoms with Crippen LogP contribution in [0.15, 0.2) is 36.4 Å². The third kappa shape index (κ3) is 3.85. The zero-order valence-corrected chi connectivity index (χ0v) is 16.7. The Morgan fingerprint density at radius 3 is 2.48 bits per heavy atom. The first-order valence-corrected chi connectivity index (χ1v) is 9.64. The Labute approximate surface area is 162 Å². The third-order valence-corrected chi connectivity index (χ3v) is 5.71. The lowest BCUT2D eigenvalue weighted by Crippen LogP contribution is -2.15. The van der Waals surface area contributed by atoms with Crippen molar-refractivity contribution in [2.24, 2.45) is 0 Å². The van der Waals surface area contributed by atoms with E-state index in [2.05, 4.69) is 9.55 Å². The van der Waals surface area contributed by atoms with Crippen molar-refractivity contribution in [3.8, 4) is 10.6 Å². The molecule has 1 aromatic carbocycles. The molecule has 6 heteroatoms. The van der Waals surface area contributed by atoms with Gasteiger partial charge in [0.1, 0.15) is 9.88 Å². The highest BCUT2D eigenvalue weighted by molar-refractivity contribution is 7.17. The number of benzene rings is 1. The Morgan fingerprint density at radius 2 is 1.85 bits per heavy atom. The molecule has 0 spiro atoms. The van der Waals surface area contributed by atoms with Gasteiger partial charge >= 0.3 is 5.97 Å². The molecule has 0 N–H and O–H groups in total. The Morgan fingerprint density at radius 1 is 1.15 bits per heavy atom. The van der Waals surface area contributed by atoms with Gasteiger partial charge in [-0.05, 0) is 33.8 Å². The fourth-order valence-corrected chi connectivity index (χ4v) is 4.10. The van der Waals surface area contributed by atoms with Crippen molar-refractivity contribution >= 4 is 23.1 Å². The van der Waals surface area contributed by atoms with Gasteiger partial charge in [-0.15, -0.1) is 11.3 Å². The topological polar surface area (TPSA) is 61.2 Å². The highest BCUT2D eigenvalue weighted by atomic mass is 32.1. The summed E-state index contributed by atoms with van der Waals surface area (Å²) in [6, 6.07) is 11.5. The molecule has 0 amide bonds. The maximum absolute atomic E-state index is 12.5. The number of nitrogens with zero attached hydrogens (tertiary/aromatic N) is 2. The molecule has 140 valence electrons. The summed E-state index contributed by atoms with van der Waals surface area (Å²) in [6.45, 7) is 8.20. The molecule has 0 bridgehead atoms. The predicted molar refractivity (Wildman–Crippen MR) is 106 cm³/mol. The monoisotopic (exact) mass is 382 g/mol. The Hall–Kier alpha value is -2.73. The number of carbonyl (C=O) groups is 2. The highest BCUT2D eigenvalue weighted by Gasteiger charge is 2.21. The molecule has 3 rings (SSSR count). The van der Waals surface area contributed by atoms with E-state index in [1.165, 1.54) is 11.3 Å². The number of aromatic nitrogens is 2. The summed E-state index contributed by atoms with van der Waals surface area (Å²) in [5.41, 5.74) is 4.09. The van der Waals surface area contributed by atoms with E-state index in [9.17, 15) is 9.59 Å². The largest absolute Gasteiger partial charge is 0.453 e. The molecular formula is C21H22N2O3S. The molecule has 0 aliphatic rings. The molecule has 0 aliphatic carbocycles. The Kier molecular flexibility index (Phi) is 5.56. The number of rotatable bonds is 6. The van der Waals surface area contributed by atoms with E-state index in [1.807, 2.05) is 57.2 Å². The van der Waals surface area contributed by atoms with Crippen LogP contribution in [0.3, 0.4) is 0 Å². The number of aryl methyl sites for hydroxylation is 2. The first-order chi connectivity index (χ1) is 12.9. The van der Waals surface area contributed by atoms with E-state index in [-0.39, 0.29) is 12.4 Å². The van der Waals surface area contributed by atoms with Gasteiger partial charge in [0, 0.05) is 29.1 Å². The smallest absolute Gasteiger partial charge is 0.350 e. The second-order valence-electron chi connectivity index (χ2n) is 6.33. The van der Waals surface area contributed by atoms with Gasteiger partial charge in [0.2, 0.25) is 5.78 Å². The number of ketones is 1. The molecule has 0 saturated carbocycles. The normalized spacial score (nSPS) is 10.8. The average molecular weight is 382 g/mol. The maximum Gasteiger partial charge on any atom is 0.350 e.